The first-order valence-electron chi connectivity index (χ1n) is 9.15. The zero-order valence-electron chi connectivity index (χ0n) is 15.6. The third-order valence-electron chi connectivity index (χ3n) is 4.73. The van der Waals surface area contributed by atoms with Gasteiger partial charge in [0.1, 0.15) is 10.8 Å². The summed E-state index contributed by atoms with van der Waals surface area (Å²) in [7, 11) is 0. The number of thiazole rings is 1. The lowest BCUT2D eigenvalue weighted by Gasteiger charge is -2.24. The fourth-order valence-electron chi connectivity index (χ4n) is 3.44. The van der Waals surface area contributed by atoms with Gasteiger partial charge < -0.3 is 9.30 Å². The fourth-order valence-corrected chi connectivity index (χ4v) is 4.37. The number of alkyl halides is 2. The van der Waals surface area contributed by atoms with Gasteiger partial charge in [0.15, 0.2) is 11.6 Å². The third-order valence-corrected chi connectivity index (χ3v) is 5.78. The highest BCUT2D eigenvalue weighted by Crippen LogP contribution is 2.31. The van der Waals surface area contributed by atoms with Crippen molar-refractivity contribution in [3.63, 3.8) is 0 Å². The Morgan fingerprint density at radius 1 is 1.31 bits per heavy atom. The quantitative estimate of drug-likeness (QED) is 0.572. The van der Waals surface area contributed by atoms with E-state index in [1.54, 1.807) is 41.2 Å². The Kier molecular flexibility index (Phi) is 5.04. The van der Waals surface area contributed by atoms with Crippen LogP contribution >= 0.6 is 11.3 Å². The maximum atomic E-state index is 12.9. The van der Waals surface area contributed by atoms with Gasteiger partial charge in [0.2, 0.25) is 0 Å². The van der Waals surface area contributed by atoms with Crippen LogP contribution in [0, 0.1) is 0 Å². The highest BCUT2D eigenvalue weighted by Gasteiger charge is 2.29. The summed E-state index contributed by atoms with van der Waals surface area (Å²) in [6.07, 6.45) is 1.26. The SMILES string of the molecule is CC(F)(F)Oc1ccc(-c2cnc(CC(=O)C3CCC(=O)c4cccn43)s2)cc1. The largest absolute Gasteiger partial charge is 0.433 e. The van der Waals surface area contributed by atoms with Crippen LogP contribution in [0.4, 0.5) is 8.78 Å². The second kappa shape index (κ2) is 7.51. The molecule has 1 aromatic carbocycles. The molecule has 1 atom stereocenters. The molecule has 0 bridgehead atoms. The van der Waals surface area contributed by atoms with E-state index < -0.39 is 6.11 Å². The Balaban J connectivity index is 1.45. The van der Waals surface area contributed by atoms with E-state index in [4.69, 9.17) is 0 Å². The molecule has 1 aliphatic rings. The third kappa shape index (κ3) is 4.27. The average Bonchev–Trinajstić information content (AvgIpc) is 3.31. The lowest BCUT2D eigenvalue weighted by atomic mass is 9.97. The zero-order chi connectivity index (χ0) is 20.6. The van der Waals surface area contributed by atoms with Gasteiger partial charge in [-0.05, 0) is 48.4 Å². The van der Waals surface area contributed by atoms with Crippen LogP contribution < -0.4 is 4.74 Å². The maximum absolute atomic E-state index is 12.9. The van der Waals surface area contributed by atoms with Gasteiger partial charge in [-0.25, -0.2) is 4.98 Å². The molecule has 150 valence electrons. The van der Waals surface area contributed by atoms with Gasteiger partial charge >= 0.3 is 6.11 Å². The molecule has 3 aromatic rings. The van der Waals surface area contributed by atoms with Crippen LogP contribution in [0.2, 0.25) is 0 Å². The van der Waals surface area contributed by atoms with Crippen molar-refractivity contribution in [2.45, 2.75) is 38.3 Å². The Bertz CT molecular complexity index is 1050. The molecule has 4 rings (SSSR count). The van der Waals surface area contributed by atoms with Crippen molar-refractivity contribution in [1.82, 2.24) is 9.55 Å². The summed E-state index contributed by atoms with van der Waals surface area (Å²) in [5.74, 6) is 0.157. The van der Waals surface area contributed by atoms with Gasteiger partial charge in [-0.15, -0.1) is 11.3 Å². The van der Waals surface area contributed by atoms with Gasteiger partial charge in [-0.3, -0.25) is 9.59 Å². The number of hydrogen-bond acceptors (Lipinski definition) is 5. The molecule has 0 radical (unpaired) electrons. The zero-order valence-corrected chi connectivity index (χ0v) is 16.4. The molecular weight excluding hydrogens is 398 g/mol. The van der Waals surface area contributed by atoms with E-state index in [1.165, 1.54) is 23.5 Å². The topological polar surface area (TPSA) is 61.2 Å². The van der Waals surface area contributed by atoms with Gasteiger partial charge in [0.05, 0.1) is 23.0 Å². The van der Waals surface area contributed by atoms with Crippen LogP contribution in [0.25, 0.3) is 10.4 Å². The summed E-state index contributed by atoms with van der Waals surface area (Å²) in [6.45, 7) is 0.687. The molecule has 0 saturated heterocycles. The first-order valence-corrected chi connectivity index (χ1v) is 9.96. The second-order valence-corrected chi connectivity index (χ2v) is 8.09. The molecule has 0 amide bonds. The van der Waals surface area contributed by atoms with Crippen LogP contribution in [-0.2, 0) is 11.2 Å². The summed E-state index contributed by atoms with van der Waals surface area (Å²) in [4.78, 5) is 29.9. The Labute approximate surface area is 170 Å². The van der Waals surface area contributed by atoms with E-state index in [9.17, 15) is 18.4 Å². The van der Waals surface area contributed by atoms with E-state index in [0.717, 1.165) is 10.4 Å². The Morgan fingerprint density at radius 3 is 2.79 bits per heavy atom. The van der Waals surface area contributed by atoms with E-state index in [2.05, 4.69) is 9.72 Å². The lowest BCUT2D eigenvalue weighted by molar-refractivity contribution is -0.158. The summed E-state index contributed by atoms with van der Waals surface area (Å²) in [5.41, 5.74) is 1.39. The van der Waals surface area contributed by atoms with E-state index in [0.29, 0.717) is 30.5 Å². The number of nitrogens with zero attached hydrogens (tertiary/aromatic N) is 2. The van der Waals surface area contributed by atoms with Crippen molar-refractivity contribution < 1.29 is 23.1 Å². The van der Waals surface area contributed by atoms with E-state index >= 15 is 0 Å². The summed E-state index contributed by atoms with van der Waals surface area (Å²) < 4.78 is 32.1. The van der Waals surface area contributed by atoms with E-state index in [1.807, 2.05) is 0 Å². The molecule has 8 heteroatoms. The molecular formula is C21H18F2N2O3S. The number of hydrogen-bond donors (Lipinski definition) is 0. The van der Waals surface area contributed by atoms with Crippen molar-refractivity contribution in [2.75, 3.05) is 0 Å². The normalized spacial score (nSPS) is 16.5. The van der Waals surface area contributed by atoms with Gasteiger partial charge in [0.25, 0.3) is 0 Å². The van der Waals surface area contributed by atoms with Crippen LogP contribution in [0.5, 0.6) is 5.75 Å². The predicted octanol–water partition coefficient (Wildman–Crippen LogP) is 4.93. The van der Waals surface area contributed by atoms with Crippen molar-refractivity contribution in [3.8, 4) is 16.2 Å². The molecule has 5 nitrogen and oxygen atoms in total. The molecule has 0 aliphatic carbocycles. The smallest absolute Gasteiger partial charge is 0.394 e. The second-order valence-electron chi connectivity index (χ2n) is 6.97. The predicted molar refractivity (Wildman–Crippen MR) is 105 cm³/mol. The number of ketones is 2. The molecule has 0 spiro atoms. The molecule has 0 N–H and O–H groups in total. The molecule has 0 saturated carbocycles. The number of carbonyl (C=O) groups is 2. The fraction of sp³-hybridized carbons (Fsp3) is 0.286. The number of Topliss-reactive ketones (excluding diaryl/α,β-unsaturated/α-hetero) is 2. The number of aromatic nitrogens is 2. The van der Waals surface area contributed by atoms with Crippen molar-refractivity contribution in [1.29, 1.82) is 0 Å². The van der Waals surface area contributed by atoms with Crippen molar-refractivity contribution in [3.05, 3.63) is 59.5 Å². The van der Waals surface area contributed by atoms with Crippen molar-refractivity contribution in [2.24, 2.45) is 0 Å². The number of rotatable bonds is 6. The first kappa shape index (κ1) is 19.4. The number of carbonyl (C=O) groups excluding carboxylic acids is 2. The number of halogens is 2. The highest BCUT2D eigenvalue weighted by atomic mass is 32.1. The number of benzene rings is 1. The minimum Gasteiger partial charge on any atom is -0.433 e. The van der Waals surface area contributed by atoms with Gasteiger partial charge in [-0.2, -0.15) is 8.78 Å². The van der Waals surface area contributed by atoms with Crippen LogP contribution in [0.3, 0.4) is 0 Å². The molecule has 1 aliphatic heterocycles. The summed E-state index contributed by atoms with van der Waals surface area (Å²) >= 11 is 1.38. The van der Waals surface area contributed by atoms with Gasteiger partial charge in [0, 0.05) is 25.7 Å². The molecule has 29 heavy (non-hydrogen) atoms. The molecule has 1 unspecified atom stereocenters. The summed E-state index contributed by atoms with van der Waals surface area (Å²) in [5, 5.41) is 0.677. The first-order chi connectivity index (χ1) is 13.8. The standard InChI is InChI=1S/C21H18F2N2O3S/c1-21(22,23)28-14-6-4-13(5-7-14)19-12-24-20(29-19)11-18(27)16-8-9-17(26)15-3-2-10-25(15)16/h2-7,10,12,16H,8-9,11H2,1H3. The summed E-state index contributed by atoms with van der Waals surface area (Å²) in [6, 6.07) is 9.48. The Morgan fingerprint density at radius 2 is 2.07 bits per heavy atom. The van der Waals surface area contributed by atoms with E-state index in [-0.39, 0.29) is 29.8 Å². The molecule has 2 aromatic heterocycles. The van der Waals surface area contributed by atoms with Gasteiger partial charge in [-0.1, -0.05) is 0 Å². The molecule has 0 fully saturated rings. The minimum absolute atomic E-state index is 0.0183. The Hall–Kier alpha value is -2.87. The molecule has 3 heterocycles. The van der Waals surface area contributed by atoms with Crippen LogP contribution in [0.15, 0.2) is 48.8 Å². The minimum atomic E-state index is -3.23. The number of fused-ring (bicyclic) bond motifs is 1. The average molecular weight is 416 g/mol. The van der Waals surface area contributed by atoms with Crippen LogP contribution in [0.1, 0.15) is 41.3 Å². The maximum Gasteiger partial charge on any atom is 0.394 e. The van der Waals surface area contributed by atoms with Crippen molar-refractivity contribution >= 4 is 22.9 Å². The number of ether oxygens (including phenoxy) is 1. The highest BCUT2D eigenvalue weighted by molar-refractivity contribution is 7.15. The monoisotopic (exact) mass is 416 g/mol. The van der Waals surface area contributed by atoms with Crippen LogP contribution in [-0.4, -0.2) is 27.2 Å². The lowest BCUT2D eigenvalue weighted by Crippen LogP contribution is -2.28.